The Kier molecular flexibility index (Phi) is 4.08. The van der Waals surface area contributed by atoms with Crippen LogP contribution in [0.3, 0.4) is 0 Å². The number of piperidine rings is 1. The molecule has 1 aromatic carbocycles. The molecule has 1 atom stereocenters. The first-order valence-electron chi connectivity index (χ1n) is 6.97. The molecule has 1 unspecified atom stereocenters. The molecule has 1 fully saturated rings. The first-order chi connectivity index (χ1) is 9.74. The molecule has 1 saturated heterocycles. The number of carbonyl (C=O) groups excluding carboxylic acids is 1. The maximum atomic E-state index is 12.4. The summed E-state index contributed by atoms with van der Waals surface area (Å²) in [4.78, 5) is 18.8. The molecular formula is C15H18N2O2S. The van der Waals surface area contributed by atoms with Gasteiger partial charge < -0.3 is 10.0 Å². The van der Waals surface area contributed by atoms with Gasteiger partial charge in [0.2, 0.25) is 5.91 Å². The Labute approximate surface area is 122 Å². The van der Waals surface area contributed by atoms with E-state index in [1.165, 1.54) is 0 Å². The van der Waals surface area contributed by atoms with Gasteiger partial charge in [0.1, 0.15) is 6.04 Å². The molecule has 1 N–H and O–H groups in total. The highest BCUT2D eigenvalue weighted by Gasteiger charge is 2.31. The molecule has 20 heavy (non-hydrogen) atoms. The number of nitrogens with zero attached hydrogens (tertiary/aromatic N) is 2. The van der Waals surface area contributed by atoms with Crippen LogP contribution in [0.25, 0.3) is 0 Å². The van der Waals surface area contributed by atoms with Gasteiger partial charge in [-0.3, -0.25) is 9.79 Å². The number of benzene rings is 1. The van der Waals surface area contributed by atoms with Gasteiger partial charge in [0.05, 0.1) is 11.1 Å². The van der Waals surface area contributed by atoms with Crippen LogP contribution in [0.15, 0.2) is 35.3 Å². The largest absolute Gasteiger partial charge is 0.393 e. The van der Waals surface area contributed by atoms with Crippen molar-refractivity contribution in [1.82, 2.24) is 4.90 Å². The highest BCUT2D eigenvalue weighted by atomic mass is 32.2. The van der Waals surface area contributed by atoms with E-state index < -0.39 is 0 Å². The van der Waals surface area contributed by atoms with Crippen molar-refractivity contribution in [3.05, 3.63) is 35.9 Å². The summed E-state index contributed by atoms with van der Waals surface area (Å²) in [5.74, 6) is 0.831. The highest BCUT2D eigenvalue weighted by molar-refractivity contribution is 8.14. The first-order valence-corrected chi connectivity index (χ1v) is 7.95. The molecule has 106 valence electrons. The second-order valence-electron chi connectivity index (χ2n) is 5.18. The number of hydrogen-bond donors (Lipinski definition) is 1. The molecule has 0 radical (unpaired) electrons. The number of likely N-dealkylation sites (tertiary alicyclic amines) is 1. The maximum Gasteiger partial charge on any atom is 0.248 e. The van der Waals surface area contributed by atoms with Crippen LogP contribution in [-0.2, 0) is 4.79 Å². The Morgan fingerprint density at radius 2 is 1.95 bits per heavy atom. The second-order valence-corrected chi connectivity index (χ2v) is 6.19. The molecule has 4 nitrogen and oxygen atoms in total. The molecule has 0 bridgehead atoms. The second kappa shape index (κ2) is 5.97. The monoisotopic (exact) mass is 290 g/mol. The lowest BCUT2D eigenvalue weighted by molar-refractivity contribution is -0.133. The summed E-state index contributed by atoms with van der Waals surface area (Å²) in [5, 5.41) is 10.5. The summed E-state index contributed by atoms with van der Waals surface area (Å²) >= 11 is 1.65. The fraction of sp³-hybridized carbons (Fsp3) is 0.467. The highest BCUT2D eigenvalue weighted by Crippen LogP contribution is 2.25. The lowest BCUT2D eigenvalue weighted by Gasteiger charge is -2.30. The van der Waals surface area contributed by atoms with Crippen molar-refractivity contribution < 1.29 is 9.90 Å². The van der Waals surface area contributed by atoms with Crippen molar-refractivity contribution in [2.45, 2.75) is 25.0 Å². The Morgan fingerprint density at radius 3 is 2.65 bits per heavy atom. The number of aliphatic hydroxyl groups excluding tert-OH is 1. The molecule has 2 aliphatic heterocycles. The zero-order valence-corrected chi connectivity index (χ0v) is 12.1. The van der Waals surface area contributed by atoms with Crippen molar-refractivity contribution >= 4 is 22.7 Å². The van der Waals surface area contributed by atoms with Crippen molar-refractivity contribution in [3.8, 4) is 0 Å². The Balaban J connectivity index is 1.67. The molecule has 3 rings (SSSR count). The standard InChI is InChI=1S/C15H18N2O2S/c18-12-6-8-17(9-7-12)15(19)13-10-20-14(16-13)11-4-2-1-3-5-11/h1-5,12-13,18H,6-10H2. The molecule has 5 heteroatoms. The van der Waals surface area contributed by atoms with Crippen LogP contribution >= 0.6 is 11.8 Å². The third-order valence-corrected chi connectivity index (χ3v) is 4.83. The number of hydrogen-bond acceptors (Lipinski definition) is 4. The van der Waals surface area contributed by atoms with Crippen molar-refractivity contribution in [1.29, 1.82) is 0 Å². The lowest BCUT2D eigenvalue weighted by Crippen LogP contribution is -2.44. The summed E-state index contributed by atoms with van der Waals surface area (Å²) in [6.07, 6.45) is 1.11. The Bertz CT molecular complexity index is 510. The van der Waals surface area contributed by atoms with E-state index in [4.69, 9.17) is 0 Å². The molecule has 0 aromatic heterocycles. The van der Waals surface area contributed by atoms with Gasteiger partial charge in [-0.2, -0.15) is 0 Å². The van der Waals surface area contributed by atoms with Crippen LogP contribution < -0.4 is 0 Å². The number of amides is 1. The van der Waals surface area contributed by atoms with Gasteiger partial charge in [0, 0.05) is 24.4 Å². The topological polar surface area (TPSA) is 52.9 Å². The van der Waals surface area contributed by atoms with Gasteiger partial charge in [-0.05, 0) is 12.8 Å². The molecule has 0 aliphatic carbocycles. The first kappa shape index (κ1) is 13.6. The SMILES string of the molecule is O=C(C1CSC(c2ccccc2)=N1)N1CCC(O)CC1. The molecule has 2 heterocycles. The van der Waals surface area contributed by atoms with Gasteiger partial charge >= 0.3 is 0 Å². The van der Waals surface area contributed by atoms with Crippen molar-refractivity contribution in [2.75, 3.05) is 18.8 Å². The normalized spacial score (nSPS) is 23.8. The summed E-state index contributed by atoms with van der Waals surface area (Å²) in [6, 6.07) is 9.74. The predicted molar refractivity (Wildman–Crippen MR) is 81.0 cm³/mol. The Morgan fingerprint density at radius 1 is 1.25 bits per heavy atom. The van der Waals surface area contributed by atoms with E-state index in [1.807, 2.05) is 35.2 Å². The van der Waals surface area contributed by atoms with E-state index in [1.54, 1.807) is 11.8 Å². The number of aliphatic imine (C=N–C) groups is 1. The molecule has 1 aromatic rings. The third-order valence-electron chi connectivity index (χ3n) is 3.73. The predicted octanol–water partition coefficient (Wildman–Crippen LogP) is 1.53. The van der Waals surface area contributed by atoms with Gasteiger partial charge in [-0.1, -0.05) is 30.3 Å². The summed E-state index contributed by atoms with van der Waals surface area (Å²) in [7, 11) is 0. The maximum absolute atomic E-state index is 12.4. The van der Waals surface area contributed by atoms with Crippen LogP contribution in [0.5, 0.6) is 0 Å². The van der Waals surface area contributed by atoms with Crippen LogP contribution in [0.4, 0.5) is 0 Å². The zero-order chi connectivity index (χ0) is 13.9. The van der Waals surface area contributed by atoms with Gasteiger partial charge in [-0.15, -0.1) is 11.8 Å². The minimum atomic E-state index is -0.259. The van der Waals surface area contributed by atoms with Crippen molar-refractivity contribution in [3.63, 3.8) is 0 Å². The zero-order valence-electron chi connectivity index (χ0n) is 11.2. The smallest absolute Gasteiger partial charge is 0.248 e. The lowest BCUT2D eigenvalue weighted by atomic mass is 10.1. The number of rotatable bonds is 2. The quantitative estimate of drug-likeness (QED) is 0.899. The third kappa shape index (κ3) is 2.88. The van der Waals surface area contributed by atoms with Crippen molar-refractivity contribution in [2.24, 2.45) is 4.99 Å². The average molecular weight is 290 g/mol. The number of aliphatic hydroxyl groups is 1. The Hall–Kier alpha value is -1.33. The van der Waals surface area contributed by atoms with E-state index in [2.05, 4.69) is 4.99 Å². The van der Waals surface area contributed by atoms with Crippen LogP contribution in [0, 0.1) is 0 Å². The van der Waals surface area contributed by atoms with E-state index in [0.29, 0.717) is 25.9 Å². The molecule has 2 aliphatic rings. The van der Waals surface area contributed by atoms with E-state index in [9.17, 15) is 9.90 Å². The minimum Gasteiger partial charge on any atom is -0.393 e. The molecular weight excluding hydrogens is 272 g/mol. The fourth-order valence-electron chi connectivity index (χ4n) is 2.54. The van der Waals surface area contributed by atoms with Crippen LogP contribution in [0.1, 0.15) is 18.4 Å². The summed E-state index contributed by atoms with van der Waals surface area (Å²) in [5.41, 5.74) is 1.09. The average Bonchev–Trinajstić information content (AvgIpc) is 2.98. The van der Waals surface area contributed by atoms with Gasteiger partial charge in [0.15, 0.2) is 0 Å². The van der Waals surface area contributed by atoms with E-state index in [-0.39, 0.29) is 18.1 Å². The van der Waals surface area contributed by atoms with Crippen LogP contribution in [-0.4, -0.2) is 51.9 Å². The molecule has 0 saturated carbocycles. The molecule has 0 spiro atoms. The van der Waals surface area contributed by atoms with E-state index in [0.717, 1.165) is 16.4 Å². The number of thioether (sulfide) groups is 1. The minimum absolute atomic E-state index is 0.107. The van der Waals surface area contributed by atoms with Gasteiger partial charge in [0.25, 0.3) is 0 Å². The van der Waals surface area contributed by atoms with E-state index >= 15 is 0 Å². The van der Waals surface area contributed by atoms with Gasteiger partial charge in [-0.25, -0.2) is 0 Å². The fourth-order valence-corrected chi connectivity index (χ4v) is 3.57. The number of carbonyl (C=O) groups is 1. The van der Waals surface area contributed by atoms with Crippen LogP contribution in [0.2, 0.25) is 0 Å². The molecule has 1 amide bonds. The summed E-state index contributed by atoms with van der Waals surface area (Å²) < 4.78 is 0. The summed E-state index contributed by atoms with van der Waals surface area (Å²) in [6.45, 7) is 1.30.